The minimum atomic E-state index is -0.411. The Kier molecular flexibility index (Phi) is 5.25. The summed E-state index contributed by atoms with van der Waals surface area (Å²) in [6.07, 6.45) is 0. The van der Waals surface area contributed by atoms with Gasteiger partial charge in [-0.2, -0.15) is 5.26 Å². The first-order valence-electron chi connectivity index (χ1n) is 5.45. The molecule has 0 saturated carbocycles. The minimum Gasteiger partial charge on any atom is -0.301 e. The lowest BCUT2D eigenvalue weighted by Crippen LogP contribution is -2.23. The Morgan fingerprint density at radius 1 is 1.61 bits per heavy atom. The molecule has 0 bridgehead atoms. The molecule has 0 saturated heterocycles. The van der Waals surface area contributed by atoms with Crippen LogP contribution in [0.1, 0.15) is 12.5 Å². The molecule has 0 aliphatic heterocycles. The van der Waals surface area contributed by atoms with E-state index in [2.05, 4.69) is 22.0 Å². The predicted molar refractivity (Wildman–Crippen MR) is 71.9 cm³/mol. The van der Waals surface area contributed by atoms with Crippen LogP contribution in [-0.4, -0.2) is 23.4 Å². The van der Waals surface area contributed by atoms with Crippen LogP contribution in [0.5, 0.6) is 0 Å². The fourth-order valence-electron chi connectivity index (χ4n) is 1.68. The molecule has 0 fully saturated rings. The van der Waals surface area contributed by atoms with E-state index < -0.39 is 4.92 Å². The summed E-state index contributed by atoms with van der Waals surface area (Å²) in [5.41, 5.74) is 0.923. The first kappa shape index (κ1) is 14.6. The van der Waals surface area contributed by atoms with Gasteiger partial charge in [-0.3, -0.25) is 10.1 Å². The van der Waals surface area contributed by atoms with Crippen molar-refractivity contribution in [1.29, 1.82) is 5.26 Å². The molecule has 1 atom stereocenters. The van der Waals surface area contributed by atoms with Gasteiger partial charge < -0.3 is 4.90 Å². The van der Waals surface area contributed by atoms with E-state index in [0.717, 1.165) is 5.56 Å². The van der Waals surface area contributed by atoms with Crippen molar-refractivity contribution in [2.24, 2.45) is 5.92 Å². The van der Waals surface area contributed by atoms with Gasteiger partial charge in [-0.15, -0.1) is 0 Å². The fraction of sp³-hybridized carbons (Fsp3) is 0.417. The van der Waals surface area contributed by atoms with Gasteiger partial charge in [0.2, 0.25) is 0 Å². The molecule has 0 aliphatic carbocycles. The average Bonchev–Trinajstić information content (AvgIpc) is 2.31. The van der Waals surface area contributed by atoms with Crippen LogP contribution in [0.3, 0.4) is 0 Å². The number of nitrogens with zero attached hydrogens (tertiary/aromatic N) is 3. The Morgan fingerprint density at radius 2 is 2.28 bits per heavy atom. The van der Waals surface area contributed by atoms with Crippen molar-refractivity contribution in [3.63, 3.8) is 0 Å². The average molecular weight is 312 g/mol. The highest BCUT2D eigenvalue weighted by molar-refractivity contribution is 9.10. The SMILES string of the molecule is CC(C#N)CN(C)Cc1ccc(Br)c([N+](=O)[O-])c1. The molecule has 0 amide bonds. The van der Waals surface area contributed by atoms with Crippen LogP contribution >= 0.6 is 15.9 Å². The fourth-order valence-corrected chi connectivity index (χ4v) is 2.07. The van der Waals surface area contributed by atoms with Crippen molar-refractivity contribution < 1.29 is 4.92 Å². The quantitative estimate of drug-likeness (QED) is 0.619. The van der Waals surface area contributed by atoms with Crippen LogP contribution in [0, 0.1) is 27.4 Å². The summed E-state index contributed by atoms with van der Waals surface area (Å²) >= 11 is 3.15. The maximum absolute atomic E-state index is 10.8. The number of halogens is 1. The molecule has 0 N–H and O–H groups in total. The second kappa shape index (κ2) is 6.47. The van der Waals surface area contributed by atoms with Crippen LogP contribution in [0.4, 0.5) is 5.69 Å². The van der Waals surface area contributed by atoms with Gasteiger partial charge in [0.1, 0.15) is 0 Å². The third kappa shape index (κ3) is 4.09. The highest BCUT2D eigenvalue weighted by Crippen LogP contribution is 2.26. The Balaban J connectivity index is 2.77. The van der Waals surface area contributed by atoms with Gasteiger partial charge in [0.05, 0.1) is 21.4 Å². The second-order valence-corrected chi connectivity index (χ2v) is 5.12. The molecular formula is C12H14BrN3O2. The normalized spacial score (nSPS) is 12.2. The summed E-state index contributed by atoms with van der Waals surface area (Å²) in [7, 11) is 1.89. The van der Waals surface area contributed by atoms with Crippen LogP contribution < -0.4 is 0 Å². The summed E-state index contributed by atoms with van der Waals surface area (Å²) in [6, 6.07) is 7.23. The van der Waals surface area contributed by atoms with Crippen molar-refractivity contribution in [1.82, 2.24) is 4.90 Å². The van der Waals surface area contributed by atoms with Crippen LogP contribution in [-0.2, 0) is 6.54 Å². The highest BCUT2D eigenvalue weighted by atomic mass is 79.9. The lowest BCUT2D eigenvalue weighted by molar-refractivity contribution is -0.385. The Hall–Kier alpha value is -1.45. The lowest BCUT2D eigenvalue weighted by Gasteiger charge is -2.17. The van der Waals surface area contributed by atoms with E-state index in [-0.39, 0.29) is 11.6 Å². The van der Waals surface area contributed by atoms with Crippen LogP contribution in [0.15, 0.2) is 22.7 Å². The zero-order valence-corrected chi connectivity index (χ0v) is 11.8. The maximum Gasteiger partial charge on any atom is 0.283 e. The van der Waals surface area contributed by atoms with Crippen molar-refractivity contribution in [3.05, 3.63) is 38.3 Å². The monoisotopic (exact) mass is 311 g/mol. The molecule has 18 heavy (non-hydrogen) atoms. The van der Waals surface area contributed by atoms with Gasteiger partial charge in [0, 0.05) is 19.2 Å². The molecule has 1 aromatic carbocycles. The number of hydrogen-bond acceptors (Lipinski definition) is 4. The minimum absolute atomic E-state index is 0.0552. The first-order chi connectivity index (χ1) is 8.43. The zero-order valence-electron chi connectivity index (χ0n) is 10.3. The van der Waals surface area contributed by atoms with E-state index in [1.54, 1.807) is 12.1 Å². The highest BCUT2D eigenvalue weighted by Gasteiger charge is 2.13. The molecule has 0 aliphatic rings. The van der Waals surface area contributed by atoms with E-state index in [1.807, 2.05) is 24.9 Å². The number of nitriles is 1. The predicted octanol–water partition coefficient (Wildman–Crippen LogP) is 2.95. The molecule has 0 radical (unpaired) electrons. The third-order valence-electron chi connectivity index (χ3n) is 2.47. The molecular weight excluding hydrogens is 298 g/mol. The summed E-state index contributed by atoms with van der Waals surface area (Å²) in [6.45, 7) is 3.07. The molecule has 96 valence electrons. The van der Waals surface area contributed by atoms with Gasteiger partial charge in [-0.1, -0.05) is 6.07 Å². The van der Waals surface area contributed by atoms with E-state index in [4.69, 9.17) is 5.26 Å². The number of benzene rings is 1. The van der Waals surface area contributed by atoms with Crippen LogP contribution in [0.25, 0.3) is 0 Å². The largest absolute Gasteiger partial charge is 0.301 e. The van der Waals surface area contributed by atoms with Gasteiger partial charge in [-0.05, 0) is 41.5 Å². The van der Waals surface area contributed by atoms with E-state index in [9.17, 15) is 10.1 Å². The standard InChI is InChI=1S/C12H14BrN3O2/c1-9(6-14)7-15(2)8-10-3-4-11(13)12(5-10)16(17)18/h3-5,9H,7-8H2,1-2H3. The second-order valence-electron chi connectivity index (χ2n) is 4.27. The van der Waals surface area contributed by atoms with Gasteiger partial charge in [0.25, 0.3) is 5.69 Å². The smallest absolute Gasteiger partial charge is 0.283 e. The van der Waals surface area contributed by atoms with Crippen molar-refractivity contribution >= 4 is 21.6 Å². The van der Waals surface area contributed by atoms with Crippen molar-refractivity contribution in [3.8, 4) is 6.07 Å². The molecule has 6 heteroatoms. The number of nitro groups is 1. The summed E-state index contributed by atoms with van der Waals surface area (Å²) in [4.78, 5) is 12.4. The Labute approximate surface area is 114 Å². The number of nitro benzene ring substituents is 1. The molecule has 0 aromatic heterocycles. The first-order valence-corrected chi connectivity index (χ1v) is 6.24. The third-order valence-corrected chi connectivity index (χ3v) is 3.14. The lowest BCUT2D eigenvalue weighted by atomic mass is 10.1. The number of hydrogen-bond donors (Lipinski definition) is 0. The van der Waals surface area contributed by atoms with Crippen molar-refractivity contribution in [2.75, 3.05) is 13.6 Å². The van der Waals surface area contributed by atoms with Gasteiger partial charge in [0.15, 0.2) is 0 Å². The zero-order chi connectivity index (χ0) is 13.7. The molecule has 1 unspecified atom stereocenters. The molecule has 0 heterocycles. The Morgan fingerprint density at radius 3 is 2.83 bits per heavy atom. The van der Waals surface area contributed by atoms with E-state index >= 15 is 0 Å². The molecule has 5 nitrogen and oxygen atoms in total. The van der Waals surface area contributed by atoms with Gasteiger partial charge >= 0.3 is 0 Å². The summed E-state index contributed by atoms with van der Waals surface area (Å²) < 4.78 is 0.476. The maximum atomic E-state index is 10.8. The van der Waals surface area contributed by atoms with Crippen molar-refractivity contribution in [2.45, 2.75) is 13.5 Å². The van der Waals surface area contributed by atoms with Crippen LogP contribution in [0.2, 0.25) is 0 Å². The van der Waals surface area contributed by atoms with Gasteiger partial charge in [-0.25, -0.2) is 0 Å². The van der Waals surface area contributed by atoms with E-state index in [0.29, 0.717) is 17.6 Å². The summed E-state index contributed by atoms with van der Waals surface area (Å²) in [5, 5.41) is 19.5. The molecule has 1 aromatic rings. The molecule has 1 rings (SSSR count). The number of rotatable bonds is 5. The summed E-state index contributed by atoms with van der Waals surface area (Å²) in [5.74, 6) is -0.0552. The molecule has 0 spiro atoms. The topological polar surface area (TPSA) is 70.2 Å². The Bertz CT molecular complexity index is 485. The van der Waals surface area contributed by atoms with E-state index in [1.165, 1.54) is 0 Å².